The van der Waals surface area contributed by atoms with E-state index in [1.165, 1.54) is 25.3 Å². The number of halogens is 6. The molecule has 0 bridgehead atoms. The predicted molar refractivity (Wildman–Crippen MR) is 443 cm³/mol. The molecule has 13 rings (SSSR count). The van der Waals surface area contributed by atoms with Crippen molar-refractivity contribution in [2.45, 2.75) is 24.2 Å². The van der Waals surface area contributed by atoms with Gasteiger partial charge in [-0.05, 0) is 107 Å². The Morgan fingerprint density at radius 3 is 0.892 bits per heavy atom. The van der Waals surface area contributed by atoms with Crippen molar-refractivity contribution in [3.63, 3.8) is 0 Å². The summed E-state index contributed by atoms with van der Waals surface area (Å²) in [5.41, 5.74) is 25.5. The number of hydrogen-bond donors (Lipinski definition) is 10. The van der Waals surface area contributed by atoms with Crippen LogP contribution in [-0.2, 0) is 4.79 Å². The number of carbonyl (C=O) groups excluding carboxylic acids is 2. The Balaban J connectivity index is 0.000000267. The molecule has 23 heteroatoms. The van der Waals surface area contributed by atoms with E-state index in [-0.39, 0.29) is 70.7 Å². The molecule has 576 valence electrons. The number of rotatable bonds is 15. The van der Waals surface area contributed by atoms with Gasteiger partial charge in [0.05, 0.1) is 31.9 Å². The maximum Gasteiger partial charge on any atom is 0.337 e. The number of methoxy groups -OCH3 is 2. The van der Waals surface area contributed by atoms with E-state index in [0.717, 1.165) is 33.4 Å². The van der Waals surface area contributed by atoms with Crippen LogP contribution in [0, 0.1) is 0 Å². The molecule has 14 N–H and O–H groups in total. The molecule has 0 saturated heterocycles. The molecule has 0 saturated carbocycles. The summed E-state index contributed by atoms with van der Waals surface area (Å²) in [6.45, 7) is 0. The molecule has 13 aromatic carbocycles. The summed E-state index contributed by atoms with van der Waals surface area (Å²) in [5, 5.41) is 63.3. The summed E-state index contributed by atoms with van der Waals surface area (Å²) >= 11 is 24.9. The molecule has 0 fully saturated rings. The number of aliphatic hydroxyl groups excluding tert-OH is 1. The van der Waals surface area contributed by atoms with Crippen molar-refractivity contribution >= 4 is 83.1 Å². The van der Waals surface area contributed by atoms with Gasteiger partial charge >= 0.3 is 71.5 Å². The zero-order valence-electron chi connectivity index (χ0n) is 60.1. The van der Waals surface area contributed by atoms with Gasteiger partial charge in [0.2, 0.25) is 0 Å². The van der Waals surface area contributed by atoms with E-state index in [9.17, 15) is 39.6 Å². The minimum Gasteiger partial charge on any atom is -1.00 e. The molecular formula is C88H84Cl6N3O13P. The minimum atomic E-state index is -3.69. The number of ketones is 2. The number of carboxylic acid groups (broad SMARTS) is 2. The first-order chi connectivity index (χ1) is 52.6. The van der Waals surface area contributed by atoms with Crippen LogP contribution in [0.3, 0.4) is 0 Å². The number of ether oxygens (including phenoxy) is 2. The van der Waals surface area contributed by atoms with Gasteiger partial charge in [0.15, 0.2) is 17.7 Å². The number of phenolic OH excluding ortho intramolecular Hbond substituents is 4. The number of aromatic carboxylic acids is 1. The first-order valence-electron chi connectivity index (χ1n) is 33.5. The van der Waals surface area contributed by atoms with Gasteiger partial charge in [0, 0.05) is 33.4 Å². The summed E-state index contributed by atoms with van der Waals surface area (Å²) in [7, 11) is 3.09. The SMILES string of the molecule is COc1cccc(C(=O)O)c1.COc1cccc(C(=O)c2ccccc2)c1.ClP(Cl)(Cl)(Cl)Cl.NC(c1ccccc1)c1cccc(O)c1.N[C@@H](c1ccccc1)c1cccc(O)c1.O=C(O)[C@@H](O)c1ccccc1.O=C(c1ccccc1)c1cccc(O)c1.[Cl-].[NH3+][C@@H](c1ccccc1)c1cccc(O)c1.c1ccccc1. The fraction of sp³-hybridized carbons (Fsp3) is 0.0682. The average Bonchev–Trinajstić information content (AvgIpc) is 0.868. The Hall–Kier alpha value is -11.1. The number of aromatic hydroxyl groups is 4. The molecule has 16 nitrogen and oxygen atoms in total. The summed E-state index contributed by atoms with van der Waals surface area (Å²) in [5.74, 6) is -0.0793. The number of hydrogen-bond acceptors (Lipinski definition) is 13. The normalized spacial score (nSPS) is 11.4. The van der Waals surface area contributed by atoms with Gasteiger partial charge in [-0.3, -0.25) is 9.59 Å². The third-order valence-corrected chi connectivity index (χ3v) is 15.1. The second-order valence-electron chi connectivity index (χ2n) is 23.2. The van der Waals surface area contributed by atoms with Crippen molar-refractivity contribution in [2.24, 2.45) is 11.5 Å². The summed E-state index contributed by atoms with van der Waals surface area (Å²) in [6.07, 6.45) is -1.41. The van der Waals surface area contributed by atoms with Crippen molar-refractivity contribution in [3.05, 3.63) is 431 Å². The van der Waals surface area contributed by atoms with Crippen LogP contribution in [-0.4, -0.2) is 73.5 Å². The van der Waals surface area contributed by atoms with E-state index in [1.807, 2.05) is 212 Å². The number of carbonyl (C=O) groups is 4. The molecule has 13 aromatic rings. The van der Waals surface area contributed by atoms with Crippen molar-refractivity contribution in [2.75, 3.05) is 14.2 Å². The van der Waals surface area contributed by atoms with Crippen molar-refractivity contribution in [1.29, 1.82) is 0 Å². The third-order valence-electron chi connectivity index (χ3n) is 15.1. The van der Waals surface area contributed by atoms with E-state index in [2.05, 4.69) is 5.73 Å². The summed E-state index contributed by atoms with van der Waals surface area (Å²) in [4.78, 5) is 44.6. The van der Waals surface area contributed by atoms with E-state index < -0.39 is 21.4 Å². The number of phenols is 4. The zero-order chi connectivity index (χ0) is 80.3. The van der Waals surface area contributed by atoms with Gasteiger partial charge in [-0.15, -0.1) is 0 Å². The number of nitrogens with two attached hydrogens (primary N) is 2. The van der Waals surface area contributed by atoms with Gasteiger partial charge in [-0.1, -0.05) is 285 Å². The largest absolute Gasteiger partial charge is 1.00 e. The number of carboxylic acids is 2. The second-order valence-corrected chi connectivity index (χ2v) is 39.8. The average molecular weight is 1640 g/mol. The first kappa shape index (κ1) is 92.3. The molecule has 0 heterocycles. The van der Waals surface area contributed by atoms with Gasteiger partial charge < -0.3 is 74.8 Å². The van der Waals surface area contributed by atoms with Gasteiger partial charge in [-0.25, -0.2) is 9.59 Å². The number of quaternary nitrogens is 1. The Morgan fingerprint density at radius 2 is 0.568 bits per heavy atom. The smallest absolute Gasteiger partial charge is 0.337 e. The molecule has 0 radical (unpaired) electrons. The van der Waals surface area contributed by atoms with Crippen LogP contribution in [0.15, 0.2) is 364 Å². The summed E-state index contributed by atoms with van der Waals surface area (Å²) in [6, 6.07) is 109. The Morgan fingerprint density at radius 1 is 0.324 bits per heavy atom. The molecule has 0 spiro atoms. The van der Waals surface area contributed by atoms with Crippen LogP contribution in [0.5, 0.6) is 34.5 Å². The molecule has 111 heavy (non-hydrogen) atoms. The monoisotopic (exact) mass is 1630 g/mol. The molecular weight excluding hydrogens is 1550 g/mol. The van der Waals surface area contributed by atoms with Crippen molar-refractivity contribution in [1.82, 2.24) is 0 Å². The van der Waals surface area contributed by atoms with Crippen LogP contribution in [0.25, 0.3) is 0 Å². The third kappa shape index (κ3) is 36.8. The number of aliphatic hydroxyl groups is 1. The molecule has 1 unspecified atom stereocenters. The molecule has 0 aliphatic carbocycles. The Bertz CT molecular complexity index is 4610. The zero-order valence-corrected chi connectivity index (χ0v) is 65.5. The summed E-state index contributed by atoms with van der Waals surface area (Å²) < 4.78 is 6.24. The van der Waals surface area contributed by atoms with Crippen LogP contribution < -0.4 is 39.1 Å². The van der Waals surface area contributed by atoms with Crippen molar-refractivity contribution in [3.8, 4) is 34.5 Å². The molecule has 0 amide bonds. The topological polar surface area (TPSA) is 308 Å². The van der Waals surface area contributed by atoms with Crippen LogP contribution in [0.1, 0.15) is 105 Å². The fourth-order valence-electron chi connectivity index (χ4n) is 9.60. The Kier molecular flexibility index (Phi) is 40.9. The molecule has 0 aromatic heterocycles. The standard InChI is InChI=1S/C14H12O2.3C13H13NO.C13H10O2.2C8H8O3.C6H6.Cl5P.ClH/c1-16-13-9-5-8-12(10-13)14(15)11-6-3-2-4-7-11;3*14-13(10-5-2-1-3-6-10)11-7-4-8-12(15)9-11;14-12-8-4-7-11(9-12)13(15)10-5-2-1-3-6-10;1-11-7-4-2-3-6(5-7)8(9)10;9-7(8(10)11)6-4-2-1-3-5-6;1-2-4-6-5-3-1;1-6(2,3,4)5;/h2-10H,1H3;3*1-9,13,15H,14H2;1-9,14H;2-5H,1H3,(H,9,10);1-5,7,9H,(H,10,11);1-6H;;1H/t;2*13-;;;;7-;;;/m.00...0.../s1. The maximum atomic E-state index is 12.1. The minimum absolute atomic E-state index is 0. The van der Waals surface area contributed by atoms with Gasteiger partial charge in [0.25, 0.3) is 0 Å². The van der Waals surface area contributed by atoms with E-state index >= 15 is 0 Å². The number of benzene rings is 13. The maximum absolute atomic E-state index is 12.1. The van der Waals surface area contributed by atoms with Crippen LogP contribution >= 0.6 is 59.6 Å². The van der Waals surface area contributed by atoms with Gasteiger partial charge in [-0.2, -0.15) is 0 Å². The van der Waals surface area contributed by atoms with Crippen LogP contribution in [0.4, 0.5) is 0 Å². The molecule has 4 atom stereocenters. The van der Waals surface area contributed by atoms with Crippen LogP contribution in [0.2, 0.25) is 0 Å². The Labute approximate surface area is 676 Å². The fourth-order valence-corrected chi connectivity index (χ4v) is 9.60. The van der Waals surface area contributed by atoms with E-state index in [4.69, 9.17) is 92.5 Å². The second kappa shape index (κ2) is 49.2. The van der Waals surface area contributed by atoms with E-state index in [0.29, 0.717) is 39.3 Å². The first-order valence-corrected chi connectivity index (χ1v) is 40.3. The molecule has 0 aliphatic heterocycles. The van der Waals surface area contributed by atoms with Gasteiger partial charge in [0.1, 0.15) is 40.5 Å². The quantitative estimate of drug-likeness (QED) is 0.0337. The van der Waals surface area contributed by atoms with Crippen molar-refractivity contribution < 1.29 is 82.5 Å². The number of aliphatic carboxylic acids is 1. The van der Waals surface area contributed by atoms with E-state index in [1.54, 1.807) is 141 Å². The molecule has 0 aliphatic rings. The predicted octanol–water partition coefficient (Wildman–Crippen LogP) is 17.4.